The summed E-state index contributed by atoms with van der Waals surface area (Å²) in [6, 6.07) is 11.7. The van der Waals surface area contributed by atoms with E-state index in [2.05, 4.69) is 15.5 Å². The van der Waals surface area contributed by atoms with Crippen LogP contribution in [0.4, 0.5) is 4.39 Å². The van der Waals surface area contributed by atoms with Gasteiger partial charge in [-0.3, -0.25) is 14.3 Å². The van der Waals surface area contributed by atoms with Crippen molar-refractivity contribution in [1.29, 1.82) is 0 Å². The summed E-state index contributed by atoms with van der Waals surface area (Å²) in [5.74, 6) is 1.64. The van der Waals surface area contributed by atoms with Crippen molar-refractivity contribution >= 4 is 17.7 Å². The number of carbonyl (C=O) groups excluding carboxylic acids is 1. The quantitative estimate of drug-likeness (QED) is 0.503. The molecule has 0 aliphatic carbocycles. The standard InChI is InChI=1S/C23H26FN5O3S/c1-14(28(3)4)21-26-27-23(29(21)18-8-6-17(24)7-9-18)33-15(2)22(30)25-12-16-5-10-19-20(11-16)32-13-31-19/h5-11,14-15H,12-13H2,1-4H3,(H,25,30)/t14-,15-/m1/s1. The highest BCUT2D eigenvalue weighted by Gasteiger charge is 2.24. The third-order valence-corrected chi connectivity index (χ3v) is 6.49. The molecule has 1 N–H and O–H groups in total. The molecule has 1 aromatic heterocycles. The Bertz CT molecular complexity index is 1140. The summed E-state index contributed by atoms with van der Waals surface area (Å²) >= 11 is 1.30. The van der Waals surface area contributed by atoms with Gasteiger partial charge in [0.25, 0.3) is 0 Å². The van der Waals surface area contributed by atoms with E-state index in [0.717, 1.165) is 11.3 Å². The molecule has 2 heterocycles. The van der Waals surface area contributed by atoms with Crippen LogP contribution in [0.1, 0.15) is 31.3 Å². The van der Waals surface area contributed by atoms with Crippen LogP contribution in [0.2, 0.25) is 0 Å². The number of nitrogens with one attached hydrogen (secondary N) is 1. The number of carbonyl (C=O) groups is 1. The zero-order valence-electron chi connectivity index (χ0n) is 18.9. The van der Waals surface area contributed by atoms with E-state index in [1.54, 1.807) is 12.1 Å². The lowest BCUT2D eigenvalue weighted by molar-refractivity contribution is -0.120. The molecule has 33 heavy (non-hydrogen) atoms. The van der Waals surface area contributed by atoms with Crippen molar-refractivity contribution in [2.45, 2.75) is 36.8 Å². The first-order valence-corrected chi connectivity index (χ1v) is 11.4. The van der Waals surface area contributed by atoms with E-state index in [9.17, 15) is 9.18 Å². The van der Waals surface area contributed by atoms with Gasteiger partial charge in [-0.25, -0.2) is 4.39 Å². The molecule has 0 saturated heterocycles. The second-order valence-corrected chi connectivity index (χ2v) is 9.27. The molecule has 1 amide bonds. The van der Waals surface area contributed by atoms with Gasteiger partial charge in [0.2, 0.25) is 12.7 Å². The van der Waals surface area contributed by atoms with Gasteiger partial charge in [-0.2, -0.15) is 0 Å². The summed E-state index contributed by atoms with van der Waals surface area (Å²) in [5, 5.41) is 11.8. The lowest BCUT2D eigenvalue weighted by atomic mass is 10.2. The Morgan fingerprint density at radius 2 is 1.88 bits per heavy atom. The minimum atomic E-state index is -0.426. The molecule has 174 valence electrons. The van der Waals surface area contributed by atoms with E-state index in [1.165, 1.54) is 23.9 Å². The maximum Gasteiger partial charge on any atom is 0.233 e. The van der Waals surface area contributed by atoms with E-state index in [1.807, 2.05) is 55.6 Å². The van der Waals surface area contributed by atoms with E-state index in [4.69, 9.17) is 9.47 Å². The van der Waals surface area contributed by atoms with Gasteiger partial charge in [-0.05, 0) is 69.9 Å². The molecule has 0 fully saturated rings. The molecule has 0 radical (unpaired) electrons. The number of hydrogen-bond acceptors (Lipinski definition) is 7. The van der Waals surface area contributed by atoms with Crippen molar-refractivity contribution in [3.8, 4) is 17.2 Å². The molecule has 0 bridgehead atoms. The molecule has 2 atom stereocenters. The van der Waals surface area contributed by atoms with Crippen molar-refractivity contribution in [1.82, 2.24) is 25.0 Å². The van der Waals surface area contributed by atoms with Crippen molar-refractivity contribution in [3.63, 3.8) is 0 Å². The lowest BCUT2D eigenvalue weighted by Gasteiger charge is -2.21. The third-order valence-electron chi connectivity index (χ3n) is 5.45. The Morgan fingerprint density at radius 3 is 2.61 bits per heavy atom. The Labute approximate surface area is 196 Å². The molecule has 0 unspecified atom stereocenters. The summed E-state index contributed by atoms with van der Waals surface area (Å²) in [4.78, 5) is 14.8. The van der Waals surface area contributed by atoms with E-state index in [0.29, 0.717) is 29.0 Å². The molecule has 3 aromatic rings. The van der Waals surface area contributed by atoms with Crippen LogP contribution in [0.25, 0.3) is 5.69 Å². The molecule has 0 spiro atoms. The van der Waals surface area contributed by atoms with Gasteiger partial charge >= 0.3 is 0 Å². The minimum absolute atomic E-state index is 0.0351. The molecule has 10 heteroatoms. The molecule has 2 aromatic carbocycles. The van der Waals surface area contributed by atoms with E-state index >= 15 is 0 Å². The number of nitrogens with zero attached hydrogens (tertiary/aromatic N) is 4. The summed E-state index contributed by atoms with van der Waals surface area (Å²) < 4.78 is 26.1. The van der Waals surface area contributed by atoms with Gasteiger partial charge in [-0.15, -0.1) is 10.2 Å². The number of hydrogen-bond donors (Lipinski definition) is 1. The van der Waals surface area contributed by atoms with Crippen LogP contribution in [0, 0.1) is 5.82 Å². The van der Waals surface area contributed by atoms with Crippen molar-refractivity contribution < 1.29 is 18.7 Å². The fourth-order valence-electron chi connectivity index (χ4n) is 3.29. The van der Waals surface area contributed by atoms with Crippen molar-refractivity contribution in [2.75, 3.05) is 20.9 Å². The topological polar surface area (TPSA) is 81.5 Å². The van der Waals surface area contributed by atoms with Crippen molar-refractivity contribution in [2.24, 2.45) is 0 Å². The van der Waals surface area contributed by atoms with Gasteiger partial charge < -0.3 is 14.8 Å². The number of thioether (sulfide) groups is 1. The summed E-state index contributed by atoms with van der Waals surface area (Å²) in [7, 11) is 3.90. The number of fused-ring (bicyclic) bond motifs is 1. The first kappa shape index (κ1) is 23.1. The summed E-state index contributed by atoms with van der Waals surface area (Å²) in [5.41, 5.74) is 1.65. The maximum absolute atomic E-state index is 13.5. The normalized spacial score (nSPS) is 14.4. The summed E-state index contributed by atoms with van der Waals surface area (Å²) in [6.45, 7) is 4.41. The molecular formula is C23H26FN5O3S. The highest BCUT2D eigenvalue weighted by molar-refractivity contribution is 8.00. The number of amides is 1. The second kappa shape index (κ2) is 9.80. The van der Waals surface area contributed by atoms with Gasteiger partial charge in [-0.1, -0.05) is 17.8 Å². The number of halogens is 1. The van der Waals surface area contributed by atoms with Crippen molar-refractivity contribution in [3.05, 3.63) is 59.7 Å². The minimum Gasteiger partial charge on any atom is -0.454 e. The zero-order valence-corrected chi connectivity index (χ0v) is 19.7. The number of rotatable bonds is 8. The lowest BCUT2D eigenvalue weighted by Crippen LogP contribution is -2.30. The van der Waals surface area contributed by atoms with E-state index < -0.39 is 5.25 Å². The van der Waals surface area contributed by atoms with Crippen LogP contribution >= 0.6 is 11.8 Å². The fourth-order valence-corrected chi connectivity index (χ4v) is 4.19. The number of ether oxygens (including phenoxy) is 2. The Kier molecular flexibility index (Phi) is 6.85. The number of aromatic nitrogens is 3. The smallest absolute Gasteiger partial charge is 0.233 e. The zero-order chi connectivity index (χ0) is 23.5. The Hall–Kier alpha value is -3.11. The third kappa shape index (κ3) is 5.12. The highest BCUT2D eigenvalue weighted by atomic mass is 32.2. The molecule has 1 aliphatic heterocycles. The Morgan fingerprint density at radius 1 is 1.15 bits per heavy atom. The number of benzene rings is 2. The second-order valence-electron chi connectivity index (χ2n) is 7.96. The van der Waals surface area contributed by atoms with Gasteiger partial charge in [0.15, 0.2) is 22.5 Å². The fraction of sp³-hybridized carbons (Fsp3) is 0.348. The largest absolute Gasteiger partial charge is 0.454 e. The van der Waals surface area contributed by atoms with Crippen LogP contribution in [0.3, 0.4) is 0 Å². The monoisotopic (exact) mass is 471 g/mol. The van der Waals surface area contributed by atoms with Crippen LogP contribution in [0.15, 0.2) is 47.6 Å². The first-order chi connectivity index (χ1) is 15.8. The first-order valence-electron chi connectivity index (χ1n) is 10.5. The predicted molar refractivity (Wildman–Crippen MR) is 123 cm³/mol. The molecule has 0 saturated carbocycles. The summed E-state index contributed by atoms with van der Waals surface area (Å²) in [6.07, 6.45) is 0. The molecule has 4 rings (SSSR count). The van der Waals surface area contributed by atoms with Gasteiger partial charge in [0.05, 0.1) is 11.3 Å². The van der Waals surface area contributed by atoms with Crippen LogP contribution in [0.5, 0.6) is 11.5 Å². The molecule has 8 nitrogen and oxygen atoms in total. The van der Waals surface area contributed by atoms with Crippen LogP contribution < -0.4 is 14.8 Å². The van der Waals surface area contributed by atoms with Crippen LogP contribution in [-0.2, 0) is 11.3 Å². The van der Waals surface area contributed by atoms with Crippen LogP contribution in [-0.4, -0.2) is 51.7 Å². The Balaban J connectivity index is 1.49. The van der Waals surface area contributed by atoms with E-state index in [-0.39, 0.29) is 24.6 Å². The molecular weight excluding hydrogens is 445 g/mol. The highest BCUT2D eigenvalue weighted by Crippen LogP contribution is 2.33. The maximum atomic E-state index is 13.5. The average molecular weight is 472 g/mol. The van der Waals surface area contributed by atoms with Gasteiger partial charge in [0.1, 0.15) is 5.82 Å². The average Bonchev–Trinajstić information content (AvgIpc) is 3.44. The predicted octanol–water partition coefficient (Wildman–Crippen LogP) is 3.55. The SMILES string of the molecule is C[C@H](c1nnc(S[C@H](C)C(=O)NCc2ccc3c(c2)OCO3)n1-c1ccc(F)cc1)N(C)C. The van der Waals surface area contributed by atoms with Gasteiger partial charge in [0, 0.05) is 12.2 Å². The molecule has 1 aliphatic rings.